The van der Waals surface area contributed by atoms with Crippen molar-refractivity contribution in [3.8, 4) is 0 Å². The van der Waals surface area contributed by atoms with E-state index >= 15 is 0 Å². The first-order chi connectivity index (χ1) is 14.3. The molecule has 0 N–H and O–H groups in total. The molecule has 9 atom stereocenters. The van der Waals surface area contributed by atoms with Gasteiger partial charge in [0.1, 0.15) is 5.60 Å². The van der Waals surface area contributed by atoms with E-state index < -0.39 is 0 Å². The highest BCUT2D eigenvalue weighted by Crippen LogP contribution is 2.69. The second kappa shape index (κ2) is 7.10. The lowest BCUT2D eigenvalue weighted by atomic mass is 9.46. The van der Waals surface area contributed by atoms with Crippen LogP contribution >= 0.6 is 0 Å². The quantitative estimate of drug-likeness (QED) is 0.588. The van der Waals surface area contributed by atoms with Crippen molar-refractivity contribution in [1.29, 1.82) is 0 Å². The number of esters is 2. The van der Waals surface area contributed by atoms with E-state index in [0.29, 0.717) is 24.4 Å². The topological polar surface area (TPSA) is 52.6 Å². The highest BCUT2D eigenvalue weighted by molar-refractivity contribution is 5.90. The zero-order valence-corrected chi connectivity index (χ0v) is 19.1. The summed E-state index contributed by atoms with van der Waals surface area (Å²) < 4.78 is 11.2. The smallest absolute Gasteiger partial charge is 0.334 e. The number of ether oxygens (including phenoxy) is 2. The summed E-state index contributed by atoms with van der Waals surface area (Å²) in [5, 5.41) is 0. The van der Waals surface area contributed by atoms with Crippen molar-refractivity contribution < 1.29 is 19.1 Å². The zero-order valence-electron chi connectivity index (χ0n) is 19.1. The minimum atomic E-state index is -0.269. The molecule has 4 nitrogen and oxygen atoms in total. The molecule has 0 aromatic carbocycles. The Balaban J connectivity index is 1.37. The second-order valence-corrected chi connectivity index (χ2v) is 11.5. The molecular formula is C26H38O4. The maximum absolute atomic E-state index is 12.8. The van der Waals surface area contributed by atoms with Crippen LogP contribution in [0.3, 0.4) is 0 Å². The molecule has 4 heteroatoms. The van der Waals surface area contributed by atoms with Gasteiger partial charge in [-0.15, -0.1) is 0 Å². The van der Waals surface area contributed by atoms with Gasteiger partial charge in [-0.25, -0.2) is 4.79 Å². The molecule has 30 heavy (non-hydrogen) atoms. The molecule has 5 rings (SSSR count). The van der Waals surface area contributed by atoms with Gasteiger partial charge >= 0.3 is 11.9 Å². The van der Waals surface area contributed by atoms with Gasteiger partial charge < -0.3 is 9.47 Å². The van der Waals surface area contributed by atoms with Crippen LogP contribution in [0.4, 0.5) is 0 Å². The average Bonchev–Trinajstić information content (AvgIpc) is 3.44. The first kappa shape index (κ1) is 20.6. The Morgan fingerprint density at radius 1 is 1.03 bits per heavy atom. The molecule has 0 unspecified atom stereocenters. The fourth-order valence-electron chi connectivity index (χ4n) is 8.61. The third kappa shape index (κ3) is 3.15. The normalized spacial score (nSPS) is 48.8. The van der Waals surface area contributed by atoms with E-state index in [0.717, 1.165) is 48.5 Å². The summed E-state index contributed by atoms with van der Waals surface area (Å²) in [5.41, 5.74) is 0.730. The van der Waals surface area contributed by atoms with Crippen molar-refractivity contribution in [2.45, 2.75) is 84.7 Å². The van der Waals surface area contributed by atoms with Gasteiger partial charge in [0.2, 0.25) is 0 Å². The Labute approximate surface area is 181 Å². The van der Waals surface area contributed by atoms with Crippen LogP contribution in [0, 0.1) is 46.8 Å². The summed E-state index contributed by atoms with van der Waals surface area (Å²) in [7, 11) is 0. The third-order valence-corrected chi connectivity index (χ3v) is 9.70. The summed E-state index contributed by atoms with van der Waals surface area (Å²) >= 11 is 0. The Bertz CT molecular complexity index is 771. The summed E-state index contributed by atoms with van der Waals surface area (Å²) in [6.45, 7) is 8.42. The van der Waals surface area contributed by atoms with Crippen LogP contribution in [0.1, 0.15) is 79.1 Å². The van der Waals surface area contributed by atoms with E-state index in [1.807, 2.05) is 6.92 Å². The number of allylic oxidation sites excluding steroid dienone is 1. The van der Waals surface area contributed by atoms with Crippen molar-refractivity contribution in [2.75, 3.05) is 6.61 Å². The van der Waals surface area contributed by atoms with Crippen LogP contribution in [0.2, 0.25) is 0 Å². The average molecular weight is 415 g/mol. The monoisotopic (exact) mass is 414 g/mol. The number of carbonyl (C=O) groups is 2. The van der Waals surface area contributed by atoms with Gasteiger partial charge in [-0.05, 0) is 107 Å². The lowest BCUT2D eigenvalue weighted by molar-refractivity contribution is -0.167. The minimum Gasteiger partial charge on any atom is -0.463 e. The van der Waals surface area contributed by atoms with Crippen LogP contribution in [-0.4, -0.2) is 24.1 Å². The molecule has 4 fully saturated rings. The minimum absolute atomic E-state index is 0.00115. The van der Waals surface area contributed by atoms with Gasteiger partial charge in [-0.2, -0.15) is 0 Å². The van der Waals surface area contributed by atoms with Crippen molar-refractivity contribution >= 4 is 11.9 Å². The van der Waals surface area contributed by atoms with E-state index in [-0.39, 0.29) is 23.0 Å². The molecule has 0 bridgehead atoms. The maximum atomic E-state index is 12.8. The summed E-state index contributed by atoms with van der Waals surface area (Å²) in [6, 6.07) is 0. The summed E-state index contributed by atoms with van der Waals surface area (Å²) in [4.78, 5) is 24.4. The van der Waals surface area contributed by atoms with Gasteiger partial charge in [0.15, 0.2) is 0 Å². The third-order valence-electron chi connectivity index (χ3n) is 9.70. The number of hydrogen-bond acceptors (Lipinski definition) is 4. The molecular weight excluding hydrogens is 376 g/mol. The number of fused-ring (bicyclic) bond motifs is 7. The lowest BCUT2D eigenvalue weighted by Gasteiger charge is -2.59. The number of rotatable bonds is 3. The van der Waals surface area contributed by atoms with Crippen LogP contribution in [-0.2, 0) is 19.1 Å². The highest BCUT2D eigenvalue weighted by Gasteiger charge is 2.63. The molecule has 0 spiro atoms. The molecule has 0 radical (unpaired) electrons. The molecule has 0 heterocycles. The van der Waals surface area contributed by atoms with Gasteiger partial charge in [0.05, 0.1) is 6.61 Å². The molecule has 5 aliphatic carbocycles. The first-order valence-electron chi connectivity index (χ1n) is 12.3. The lowest BCUT2D eigenvalue weighted by Crippen LogP contribution is -2.53. The van der Waals surface area contributed by atoms with Crippen molar-refractivity contribution in [3.05, 3.63) is 11.6 Å². The number of carbonyl (C=O) groups excluding carboxylic acids is 2. The molecule has 166 valence electrons. The molecule has 4 saturated carbocycles. The SMILES string of the molecule is CCOC(=O)C1=C[C@H]2C[C@H]2[C@H]2[C@@H]3CC[C@@H]4C[C@](C)(OC(C)=O)CC[C@@H]4[C@H]3CC[C@]12C. The van der Waals surface area contributed by atoms with Crippen molar-refractivity contribution in [2.24, 2.45) is 46.8 Å². The van der Waals surface area contributed by atoms with Crippen LogP contribution < -0.4 is 0 Å². The Kier molecular flexibility index (Phi) is 4.87. The van der Waals surface area contributed by atoms with Crippen molar-refractivity contribution in [3.63, 3.8) is 0 Å². The first-order valence-corrected chi connectivity index (χ1v) is 12.3. The summed E-state index contributed by atoms with van der Waals surface area (Å²) in [6.07, 6.45) is 11.7. The molecule has 0 aromatic rings. The fourth-order valence-corrected chi connectivity index (χ4v) is 8.61. The van der Waals surface area contributed by atoms with E-state index in [1.165, 1.54) is 32.1 Å². The molecule has 5 aliphatic rings. The van der Waals surface area contributed by atoms with Crippen LogP contribution in [0.5, 0.6) is 0 Å². The predicted octanol–water partition coefficient (Wildman–Crippen LogP) is 5.31. The van der Waals surface area contributed by atoms with Gasteiger partial charge in [-0.1, -0.05) is 13.0 Å². The molecule has 0 saturated heterocycles. The number of hydrogen-bond donors (Lipinski definition) is 0. The fraction of sp³-hybridized carbons (Fsp3) is 0.846. The van der Waals surface area contributed by atoms with Gasteiger partial charge in [-0.3, -0.25) is 4.79 Å². The van der Waals surface area contributed by atoms with Crippen molar-refractivity contribution in [1.82, 2.24) is 0 Å². The second-order valence-electron chi connectivity index (χ2n) is 11.5. The zero-order chi connectivity index (χ0) is 21.3. The molecule has 0 aliphatic heterocycles. The van der Waals surface area contributed by atoms with E-state index in [9.17, 15) is 9.59 Å². The standard InChI is InChI=1S/C26H38O4/c1-5-29-24(28)22-13-17-12-21(17)23-20-7-6-16-14-25(3,30-15(2)27)10-8-18(16)19(20)9-11-26(22,23)4/h13,16-21,23H,5-12,14H2,1-4H3/t16-,17-,18+,19-,20-,21-,23-,25-,26-/m1/s1. The summed E-state index contributed by atoms with van der Waals surface area (Å²) in [5.74, 6) is 4.83. The van der Waals surface area contributed by atoms with E-state index in [1.54, 1.807) is 6.92 Å². The van der Waals surface area contributed by atoms with Crippen LogP contribution in [0.25, 0.3) is 0 Å². The Morgan fingerprint density at radius 2 is 1.80 bits per heavy atom. The molecule has 0 amide bonds. The molecule has 0 aromatic heterocycles. The Hall–Kier alpha value is -1.32. The Morgan fingerprint density at radius 3 is 2.53 bits per heavy atom. The van der Waals surface area contributed by atoms with Gasteiger partial charge in [0.25, 0.3) is 0 Å². The van der Waals surface area contributed by atoms with Gasteiger partial charge in [0, 0.05) is 17.9 Å². The van der Waals surface area contributed by atoms with Crippen LogP contribution in [0.15, 0.2) is 11.6 Å². The highest BCUT2D eigenvalue weighted by atomic mass is 16.6. The maximum Gasteiger partial charge on any atom is 0.334 e. The predicted molar refractivity (Wildman–Crippen MR) is 114 cm³/mol. The largest absolute Gasteiger partial charge is 0.463 e. The van der Waals surface area contributed by atoms with E-state index in [4.69, 9.17) is 9.47 Å². The van der Waals surface area contributed by atoms with E-state index in [2.05, 4.69) is 19.9 Å².